The van der Waals surface area contributed by atoms with Crippen LogP contribution in [0.25, 0.3) is 0 Å². The van der Waals surface area contributed by atoms with Gasteiger partial charge in [-0.05, 0) is 46.2 Å². The van der Waals surface area contributed by atoms with Crippen LogP contribution in [0.2, 0.25) is 0 Å². The molecule has 0 aliphatic carbocycles. The molecule has 1 aliphatic rings. The monoisotopic (exact) mass is 362 g/mol. The van der Waals surface area contributed by atoms with Crippen molar-refractivity contribution in [1.29, 1.82) is 0 Å². The number of nitrogens with zero attached hydrogens (tertiary/aromatic N) is 1. The van der Waals surface area contributed by atoms with Crippen LogP contribution in [0.3, 0.4) is 0 Å². The lowest BCUT2D eigenvalue weighted by molar-refractivity contribution is -0.151. The van der Waals surface area contributed by atoms with E-state index in [1.165, 1.54) is 0 Å². The average Bonchev–Trinajstić information content (AvgIpc) is 2.67. The third-order valence-corrected chi connectivity index (χ3v) is 4.96. The van der Waals surface area contributed by atoms with Crippen LogP contribution in [0.1, 0.15) is 45.2 Å². The number of hydrogen-bond donors (Lipinski definition) is 1. The Morgan fingerprint density at radius 1 is 1.31 bits per heavy atom. The van der Waals surface area contributed by atoms with Gasteiger partial charge in [-0.1, -0.05) is 18.2 Å². The standard InChI is InChI=1S/C20H30N2O4/c1-5-26-20(24)16-9-8-12-22(13-16)15(3)19(23)21-14(2)17-10-6-7-11-18(17)25-4/h6-7,10-11,14-16H,5,8-9,12-13H2,1-4H3,(H,21,23). The zero-order chi connectivity index (χ0) is 19.1. The minimum Gasteiger partial charge on any atom is -0.496 e. The van der Waals surface area contributed by atoms with E-state index in [1.807, 2.05) is 45.0 Å². The number of likely N-dealkylation sites (tertiary alicyclic amines) is 1. The lowest BCUT2D eigenvalue weighted by atomic mass is 9.96. The molecule has 144 valence electrons. The van der Waals surface area contributed by atoms with Gasteiger partial charge in [0.1, 0.15) is 5.75 Å². The van der Waals surface area contributed by atoms with Gasteiger partial charge in [-0.2, -0.15) is 0 Å². The van der Waals surface area contributed by atoms with E-state index in [0.29, 0.717) is 13.2 Å². The lowest BCUT2D eigenvalue weighted by Crippen LogP contribution is -2.50. The Hall–Kier alpha value is -2.08. The van der Waals surface area contributed by atoms with Crippen molar-refractivity contribution in [3.05, 3.63) is 29.8 Å². The highest BCUT2D eigenvalue weighted by Crippen LogP contribution is 2.25. The number of carbonyl (C=O) groups excluding carboxylic acids is 2. The highest BCUT2D eigenvalue weighted by molar-refractivity contribution is 5.82. The Labute approximate surface area is 155 Å². The van der Waals surface area contributed by atoms with E-state index in [9.17, 15) is 9.59 Å². The second kappa shape index (κ2) is 9.57. The minimum absolute atomic E-state index is 0.0482. The van der Waals surface area contributed by atoms with E-state index in [1.54, 1.807) is 7.11 Å². The van der Waals surface area contributed by atoms with Crippen molar-refractivity contribution < 1.29 is 19.1 Å². The van der Waals surface area contributed by atoms with Gasteiger partial charge >= 0.3 is 5.97 Å². The Morgan fingerprint density at radius 2 is 2.04 bits per heavy atom. The molecule has 1 fully saturated rings. The van der Waals surface area contributed by atoms with Crippen molar-refractivity contribution in [3.63, 3.8) is 0 Å². The molecule has 1 amide bonds. The van der Waals surface area contributed by atoms with Crippen LogP contribution in [-0.4, -0.2) is 49.6 Å². The number of methoxy groups -OCH3 is 1. The summed E-state index contributed by atoms with van der Waals surface area (Å²) in [6.07, 6.45) is 1.71. The van der Waals surface area contributed by atoms with Crippen LogP contribution in [-0.2, 0) is 14.3 Å². The molecule has 1 aliphatic heterocycles. The van der Waals surface area contributed by atoms with Crippen molar-refractivity contribution in [3.8, 4) is 5.75 Å². The van der Waals surface area contributed by atoms with Crippen molar-refractivity contribution in [2.45, 2.75) is 45.7 Å². The first-order valence-corrected chi connectivity index (χ1v) is 9.31. The number of ether oxygens (including phenoxy) is 2. The Kier molecular flexibility index (Phi) is 7.45. The molecule has 1 N–H and O–H groups in total. The summed E-state index contributed by atoms with van der Waals surface area (Å²) in [7, 11) is 1.62. The maximum absolute atomic E-state index is 12.7. The smallest absolute Gasteiger partial charge is 0.310 e. The highest BCUT2D eigenvalue weighted by Gasteiger charge is 2.32. The zero-order valence-corrected chi connectivity index (χ0v) is 16.2. The number of para-hydroxylation sites is 1. The molecule has 0 spiro atoms. The molecule has 3 atom stereocenters. The van der Waals surface area contributed by atoms with Gasteiger partial charge in [0.05, 0.1) is 31.7 Å². The molecule has 1 aromatic carbocycles. The number of benzene rings is 1. The first-order valence-electron chi connectivity index (χ1n) is 9.31. The third kappa shape index (κ3) is 4.97. The molecule has 2 rings (SSSR count). The van der Waals surface area contributed by atoms with Crippen molar-refractivity contribution in [2.75, 3.05) is 26.8 Å². The van der Waals surface area contributed by atoms with E-state index in [-0.39, 0.29) is 29.9 Å². The van der Waals surface area contributed by atoms with Crippen molar-refractivity contribution in [1.82, 2.24) is 10.2 Å². The van der Waals surface area contributed by atoms with Crippen LogP contribution in [0.15, 0.2) is 24.3 Å². The molecule has 0 aromatic heterocycles. The number of piperidine rings is 1. The summed E-state index contributed by atoms with van der Waals surface area (Å²) in [4.78, 5) is 26.8. The molecule has 1 saturated heterocycles. The maximum atomic E-state index is 12.7. The normalized spacial score (nSPS) is 20.1. The fourth-order valence-corrected chi connectivity index (χ4v) is 3.41. The van der Waals surface area contributed by atoms with Gasteiger partial charge in [0.15, 0.2) is 0 Å². The fourth-order valence-electron chi connectivity index (χ4n) is 3.41. The SMILES string of the molecule is CCOC(=O)C1CCCN(C(C)C(=O)NC(C)c2ccccc2OC)C1. The summed E-state index contributed by atoms with van der Waals surface area (Å²) < 4.78 is 10.5. The largest absolute Gasteiger partial charge is 0.496 e. The summed E-state index contributed by atoms with van der Waals surface area (Å²) >= 11 is 0. The first-order chi connectivity index (χ1) is 12.5. The number of nitrogens with one attached hydrogen (secondary N) is 1. The maximum Gasteiger partial charge on any atom is 0.310 e. The second-order valence-corrected chi connectivity index (χ2v) is 6.73. The molecule has 6 nitrogen and oxygen atoms in total. The summed E-state index contributed by atoms with van der Waals surface area (Å²) in [5.41, 5.74) is 0.943. The highest BCUT2D eigenvalue weighted by atomic mass is 16.5. The quantitative estimate of drug-likeness (QED) is 0.755. The topological polar surface area (TPSA) is 67.9 Å². The molecular weight excluding hydrogens is 332 g/mol. The number of rotatable bonds is 7. The average molecular weight is 362 g/mol. The van der Waals surface area contributed by atoms with Gasteiger partial charge in [-0.3, -0.25) is 14.5 Å². The predicted octanol–water partition coefficient (Wildman–Crippen LogP) is 2.54. The van der Waals surface area contributed by atoms with Crippen molar-refractivity contribution in [2.24, 2.45) is 5.92 Å². The lowest BCUT2D eigenvalue weighted by Gasteiger charge is -2.35. The van der Waals surface area contributed by atoms with Crippen LogP contribution < -0.4 is 10.1 Å². The molecule has 1 heterocycles. The van der Waals surface area contributed by atoms with Crippen LogP contribution in [0.4, 0.5) is 0 Å². The van der Waals surface area contributed by atoms with E-state index >= 15 is 0 Å². The van der Waals surface area contributed by atoms with Crippen LogP contribution in [0.5, 0.6) is 5.75 Å². The molecular formula is C20H30N2O4. The molecule has 6 heteroatoms. The van der Waals surface area contributed by atoms with Gasteiger partial charge in [0, 0.05) is 12.1 Å². The Bertz CT molecular complexity index is 620. The molecule has 26 heavy (non-hydrogen) atoms. The molecule has 1 aromatic rings. The second-order valence-electron chi connectivity index (χ2n) is 6.73. The molecule has 0 radical (unpaired) electrons. The summed E-state index contributed by atoms with van der Waals surface area (Å²) in [6.45, 7) is 7.41. The summed E-state index contributed by atoms with van der Waals surface area (Å²) in [5.74, 6) is 0.402. The zero-order valence-electron chi connectivity index (χ0n) is 16.2. The molecule has 0 saturated carbocycles. The van der Waals surface area contributed by atoms with Crippen LogP contribution in [0, 0.1) is 5.92 Å². The minimum atomic E-state index is -0.301. The van der Waals surface area contributed by atoms with Gasteiger partial charge < -0.3 is 14.8 Å². The van der Waals surface area contributed by atoms with Gasteiger partial charge in [0.25, 0.3) is 0 Å². The van der Waals surface area contributed by atoms with Crippen LogP contribution >= 0.6 is 0 Å². The molecule has 0 bridgehead atoms. The third-order valence-electron chi connectivity index (χ3n) is 4.96. The number of amides is 1. The Balaban J connectivity index is 1.97. The predicted molar refractivity (Wildman–Crippen MR) is 99.9 cm³/mol. The first kappa shape index (κ1) is 20.2. The molecule has 3 unspecified atom stereocenters. The van der Waals surface area contributed by atoms with E-state index in [2.05, 4.69) is 10.2 Å². The Morgan fingerprint density at radius 3 is 2.73 bits per heavy atom. The summed E-state index contributed by atoms with van der Waals surface area (Å²) in [6, 6.07) is 7.21. The van der Waals surface area contributed by atoms with E-state index < -0.39 is 0 Å². The number of hydrogen-bond acceptors (Lipinski definition) is 5. The number of carbonyl (C=O) groups is 2. The number of esters is 1. The van der Waals surface area contributed by atoms with E-state index in [0.717, 1.165) is 30.7 Å². The van der Waals surface area contributed by atoms with Gasteiger partial charge in [-0.25, -0.2) is 0 Å². The summed E-state index contributed by atoms with van der Waals surface area (Å²) in [5, 5.41) is 3.06. The van der Waals surface area contributed by atoms with Crippen molar-refractivity contribution >= 4 is 11.9 Å². The van der Waals surface area contributed by atoms with Gasteiger partial charge in [-0.15, -0.1) is 0 Å². The van der Waals surface area contributed by atoms with Gasteiger partial charge in [0.2, 0.25) is 5.91 Å². The fraction of sp³-hybridized carbons (Fsp3) is 0.600. The van der Waals surface area contributed by atoms with E-state index in [4.69, 9.17) is 9.47 Å².